The van der Waals surface area contributed by atoms with Gasteiger partial charge in [-0.1, -0.05) is 0 Å². The maximum atomic E-state index is 10.4. The van der Waals surface area contributed by atoms with E-state index in [1.165, 1.54) is 0 Å². The number of nitrogens with zero attached hydrogens (tertiary/aromatic N) is 1. The van der Waals surface area contributed by atoms with Crippen LogP contribution in [0.3, 0.4) is 0 Å². The molecule has 1 rings (SSSR count). The van der Waals surface area contributed by atoms with Crippen LogP contribution >= 0.6 is 35.1 Å². The molecular weight excluding hydrogens is 239 g/mol. The topological polar surface area (TPSA) is 32.3 Å². The third-order valence-electron chi connectivity index (χ3n) is 0.749. The van der Waals surface area contributed by atoms with Crippen molar-refractivity contribution in [2.45, 2.75) is 0 Å². The Bertz CT molecular complexity index is 148. The zero-order valence-corrected chi connectivity index (χ0v) is 6.82. The molecule has 1 N–H and O–H groups in total. The summed E-state index contributed by atoms with van der Waals surface area (Å²) in [5.41, 5.74) is 0. The minimum Gasteiger partial charge on any atom is -0.301 e. The molecule has 44 valence electrons. The van der Waals surface area contributed by atoms with Gasteiger partial charge in [-0.2, -0.15) is 0 Å². The SMILES string of the molecule is O=C1CN(I)C(=S)N1. The Balaban J connectivity index is 2.64. The lowest BCUT2D eigenvalue weighted by molar-refractivity contribution is -0.117. The Morgan fingerprint density at radius 3 is 2.62 bits per heavy atom. The van der Waals surface area contributed by atoms with Gasteiger partial charge in [-0.25, -0.2) is 0 Å². The summed E-state index contributed by atoms with van der Waals surface area (Å²) in [6, 6.07) is 0. The van der Waals surface area contributed by atoms with Crippen LogP contribution in [0.1, 0.15) is 0 Å². The van der Waals surface area contributed by atoms with Gasteiger partial charge in [-0.15, -0.1) is 0 Å². The van der Waals surface area contributed by atoms with E-state index in [0.29, 0.717) is 11.7 Å². The summed E-state index contributed by atoms with van der Waals surface area (Å²) in [4.78, 5) is 10.4. The van der Waals surface area contributed by atoms with E-state index in [9.17, 15) is 4.79 Å². The summed E-state index contributed by atoms with van der Waals surface area (Å²) >= 11 is 6.69. The Kier molecular flexibility index (Phi) is 1.66. The van der Waals surface area contributed by atoms with E-state index >= 15 is 0 Å². The number of hydrogen-bond acceptors (Lipinski definition) is 2. The standard InChI is InChI=1S/C3H3IN2OS/c4-6-1-2(7)5-3(6)8/h1H2,(H,5,7,8). The van der Waals surface area contributed by atoms with E-state index < -0.39 is 0 Å². The first kappa shape index (κ1) is 6.21. The molecule has 1 saturated heterocycles. The molecule has 1 aliphatic heterocycles. The van der Waals surface area contributed by atoms with Crippen LogP contribution in [0.2, 0.25) is 0 Å². The largest absolute Gasteiger partial charge is 0.301 e. The van der Waals surface area contributed by atoms with Gasteiger partial charge in [-0.05, 0) is 12.2 Å². The van der Waals surface area contributed by atoms with Crippen molar-refractivity contribution in [1.29, 1.82) is 0 Å². The minimum absolute atomic E-state index is 0.0237. The number of hydrogen-bond donors (Lipinski definition) is 1. The molecule has 1 fully saturated rings. The third-order valence-corrected chi connectivity index (χ3v) is 2.22. The molecule has 0 unspecified atom stereocenters. The number of amides is 1. The van der Waals surface area contributed by atoms with Crippen molar-refractivity contribution in [3.05, 3.63) is 0 Å². The number of carbonyl (C=O) groups is 1. The number of nitrogens with one attached hydrogen (secondary N) is 1. The monoisotopic (exact) mass is 242 g/mol. The molecule has 0 spiro atoms. The van der Waals surface area contributed by atoms with E-state index in [2.05, 4.69) is 5.32 Å². The molecule has 0 aromatic carbocycles. The van der Waals surface area contributed by atoms with Gasteiger partial charge >= 0.3 is 0 Å². The van der Waals surface area contributed by atoms with Crippen molar-refractivity contribution >= 4 is 46.1 Å². The molecule has 8 heavy (non-hydrogen) atoms. The number of carbonyl (C=O) groups excluding carboxylic acids is 1. The van der Waals surface area contributed by atoms with E-state index in [1.54, 1.807) is 3.11 Å². The average molecular weight is 242 g/mol. The first-order valence-corrected chi connectivity index (χ1v) is 3.34. The molecule has 0 aromatic rings. The lowest BCUT2D eigenvalue weighted by Crippen LogP contribution is -2.20. The van der Waals surface area contributed by atoms with Crippen LogP contribution < -0.4 is 5.32 Å². The second-order valence-electron chi connectivity index (χ2n) is 1.37. The van der Waals surface area contributed by atoms with Crippen LogP contribution in [0, 0.1) is 0 Å². The fourth-order valence-electron chi connectivity index (χ4n) is 0.417. The summed E-state index contributed by atoms with van der Waals surface area (Å²) in [5.74, 6) is -0.0237. The quantitative estimate of drug-likeness (QED) is 0.370. The predicted octanol–water partition coefficient (Wildman–Crippen LogP) is 0.0531. The normalized spacial score (nSPS) is 19.4. The van der Waals surface area contributed by atoms with Crippen molar-refractivity contribution in [3.63, 3.8) is 0 Å². The van der Waals surface area contributed by atoms with Gasteiger partial charge in [0.25, 0.3) is 0 Å². The second kappa shape index (κ2) is 2.14. The van der Waals surface area contributed by atoms with Crippen LogP contribution in [0.15, 0.2) is 0 Å². The van der Waals surface area contributed by atoms with Crippen molar-refractivity contribution < 1.29 is 4.79 Å². The molecule has 1 heterocycles. The van der Waals surface area contributed by atoms with Gasteiger partial charge in [0.1, 0.15) is 6.54 Å². The Labute approximate surface area is 65.9 Å². The van der Waals surface area contributed by atoms with Crippen molar-refractivity contribution in [2.24, 2.45) is 0 Å². The van der Waals surface area contributed by atoms with Crippen LogP contribution in [0.25, 0.3) is 0 Å². The van der Waals surface area contributed by atoms with E-state index in [-0.39, 0.29) is 5.91 Å². The molecule has 0 atom stereocenters. The molecular formula is C3H3IN2OS. The summed E-state index contributed by atoms with van der Waals surface area (Å²) in [7, 11) is 0. The van der Waals surface area contributed by atoms with Crippen LogP contribution in [0.4, 0.5) is 0 Å². The first-order valence-electron chi connectivity index (χ1n) is 1.97. The Hall–Kier alpha value is 0.0900. The molecule has 0 saturated carbocycles. The van der Waals surface area contributed by atoms with Gasteiger partial charge < -0.3 is 5.32 Å². The molecule has 0 radical (unpaired) electrons. The summed E-state index contributed by atoms with van der Waals surface area (Å²) in [6.45, 7) is 0.388. The maximum Gasteiger partial charge on any atom is 0.246 e. The summed E-state index contributed by atoms with van der Waals surface area (Å²) in [5, 5.41) is 2.99. The predicted molar refractivity (Wildman–Crippen MR) is 41.5 cm³/mol. The van der Waals surface area contributed by atoms with Crippen LogP contribution in [-0.2, 0) is 4.79 Å². The fourth-order valence-corrected chi connectivity index (χ4v) is 1.03. The Morgan fingerprint density at radius 1 is 1.88 bits per heavy atom. The summed E-state index contributed by atoms with van der Waals surface area (Å²) < 4.78 is 1.66. The second-order valence-corrected chi connectivity index (χ2v) is 2.92. The minimum atomic E-state index is -0.0237. The smallest absolute Gasteiger partial charge is 0.246 e. The van der Waals surface area contributed by atoms with Gasteiger partial charge in [0.15, 0.2) is 5.11 Å². The lowest BCUT2D eigenvalue weighted by Gasteiger charge is -1.99. The molecule has 0 aromatic heterocycles. The van der Waals surface area contributed by atoms with Gasteiger partial charge in [0, 0.05) is 0 Å². The van der Waals surface area contributed by atoms with Crippen molar-refractivity contribution in [1.82, 2.24) is 8.43 Å². The molecule has 5 heteroatoms. The highest BCUT2D eigenvalue weighted by Gasteiger charge is 2.19. The van der Waals surface area contributed by atoms with Crippen molar-refractivity contribution in [2.75, 3.05) is 6.54 Å². The van der Waals surface area contributed by atoms with Gasteiger partial charge in [-0.3, -0.25) is 7.91 Å². The molecule has 1 aliphatic rings. The highest BCUT2D eigenvalue weighted by Crippen LogP contribution is 2.03. The zero-order chi connectivity index (χ0) is 6.15. The summed E-state index contributed by atoms with van der Waals surface area (Å²) in [6.07, 6.45) is 0. The molecule has 0 aliphatic carbocycles. The van der Waals surface area contributed by atoms with Crippen molar-refractivity contribution in [3.8, 4) is 0 Å². The van der Waals surface area contributed by atoms with E-state index in [0.717, 1.165) is 0 Å². The number of halogens is 1. The number of rotatable bonds is 0. The van der Waals surface area contributed by atoms with E-state index in [1.807, 2.05) is 22.9 Å². The van der Waals surface area contributed by atoms with E-state index in [4.69, 9.17) is 12.2 Å². The zero-order valence-electron chi connectivity index (χ0n) is 3.85. The first-order chi connectivity index (χ1) is 3.70. The van der Waals surface area contributed by atoms with Crippen LogP contribution in [-0.4, -0.2) is 20.7 Å². The van der Waals surface area contributed by atoms with Crippen LogP contribution in [0.5, 0.6) is 0 Å². The van der Waals surface area contributed by atoms with Gasteiger partial charge in [0.05, 0.1) is 22.9 Å². The molecule has 3 nitrogen and oxygen atoms in total. The number of thiocarbonyl (C=S) groups is 1. The highest BCUT2D eigenvalue weighted by atomic mass is 127. The third kappa shape index (κ3) is 1.08. The Morgan fingerprint density at radius 2 is 2.50 bits per heavy atom. The highest BCUT2D eigenvalue weighted by molar-refractivity contribution is 14.1. The fraction of sp³-hybridized carbons (Fsp3) is 0.333. The molecule has 0 bridgehead atoms. The van der Waals surface area contributed by atoms with Gasteiger partial charge in [0.2, 0.25) is 5.91 Å². The average Bonchev–Trinajstić information content (AvgIpc) is 1.85. The maximum absolute atomic E-state index is 10.4. The molecule has 1 amide bonds. The lowest BCUT2D eigenvalue weighted by atomic mass is 10.7.